The van der Waals surface area contributed by atoms with Crippen molar-refractivity contribution in [2.45, 2.75) is 25.9 Å². The van der Waals surface area contributed by atoms with Crippen molar-refractivity contribution in [3.63, 3.8) is 0 Å². The maximum Gasteiger partial charge on any atom is 0.0594 e. The summed E-state index contributed by atoms with van der Waals surface area (Å²) in [5.74, 6) is 0. The number of rotatable bonds is 3. The van der Waals surface area contributed by atoms with E-state index in [-0.39, 0.29) is 5.54 Å². The molecule has 4 heteroatoms. The average molecular weight is 269 g/mol. The Kier molecular flexibility index (Phi) is 4.28. The summed E-state index contributed by atoms with van der Waals surface area (Å²) in [5.41, 5.74) is 7.95. The van der Waals surface area contributed by atoms with E-state index >= 15 is 0 Å². The Balaban J connectivity index is 2.09. The van der Waals surface area contributed by atoms with Crippen molar-refractivity contribution in [3.8, 4) is 0 Å². The van der Waals surface area contributed by atoms with Crippen LogP contribution < -0.4 is 5.73 Å². The van der Waals surface area contributed by atoms with E-state index in [1.165, 1.54) is 0 Å². The molecule has 1 aromatic rings. The highest BCUT2D eigenvalue weighted by molar-refractivity contribution is 6.31. The van der Waals surface area contributed by atoms with Gasteiger partial charge in [-0.15, -0.1) is 0 Å². The number of hydrogen-bond acceptors (Lipinski definition) is 3. The lowest BCUT2D eigenvalue weighted by atomic mass is 9.94. The van der Waals surface area contributed by atoms with Gasteiger partial charge in [-0.1, -0.05) is 23.7 Å². The molecular formula is C14H21ClN2O. The van der Waals surface area contributed by atoms with Gasteiger partial charge >= 0.3 is 0 Å². The van der Waals surface area contributed by atoms with Crippen LogP contribution in [0.4, 0.5) is 0 Å². The molecule has 0 radical (unpaired) electrons. The topological polar surface area (TPSA) is 38.5 Å². The van der Waals surface area contributed by atoms with Crippen LogP contribution in [0.1, 0.15) is 25.0 Å². The van der Waals surface area contributed by atoms with Gasteiger partial charge in [0, 0.05) is 30.2 Å². The van der Waals surface area contributed by atoms with Crippen LogP contribution in [0.25, 0.3) is 0 Å². The fourth-order valence-electron chi connectivity index (χ4n) is 2.08. The van der Waals surface area contributed by atoms with Crippen molar-refractivity contribution >= 4 is 11.6 Å². The molecule has 0 bridgehead atoms. The maximum absolute atomic E-state index is 6.34. The lowest BCUT2D eigenvalue weighted by Crippen LogP contribution is -2.35. The van der Waals surface area contributed by atoms with Crippen molar-refractivity contribution in [2.75, 3.05) is 26.3 Å². The molecular weight excluding hydrogens is 248 g/mol. The van der Waals surface area contributed by atoms with Gasteiger partial charge in [-0.3, -0.25) is 4.90 Å². The summed E-state index contributed by atoms with van der Waals surface area (Å²) in [6.45, 7) is 8.42. The van der Waals surface area contributed by atoms with E-state index in [1.54, 1.807) is 0 Å². The second-order valence-electron chi connectivity index (χ2n) is 5.42. The summed E-state index contributed by atoms with van der Waals surface area (Å²) in [6.07, 6.45) is 0. The number of benzene rings is 1. The molecule has 100 valence electrons. The molecule has 3 nitrogen and oxygen atoms in total. The predicted octanol–water partition coefficient (Wildman–Crippen LogP) is 2.37. The molecule has 0 atom stereocenters. The molecule has 1 fully saturated rings. The third kappa shape index (κ3) is 3.45. The lowest BCUT2D eigenvalue weighted by molar-refractivity contribution is 0.0342. The Hall–Kier alpha value is -0.610. The first kappa shape index (κ1) is 13.8. The quantitative estimate of drug-likeness (QED) is 0.915. The first-order valence-electron chi connectivity index (χ1n) is 6.35. The van der Waals surface area contributed by atoms with Crippen LogP contribution in [0.2, 0.25) is 5.02 Å². The summed E-state index contributed by atoms with van der Waals surface area (Å²) in [4.78, 5) is 2.36. The van der Waals surface area contributed by atoms with E-state index in [9.17, 15) is 0 Å². The standard InChI is InChI=1S/C14H21ClN2O/c1-14(2,16)12-4-3-11(13(15)9-12)10-17-5-7-18-8-6-17/h3-4,9H,5-8,10,16H2,1-2H3. The minimum Gasteiger partial charge on any atom is -0.379 e. The second-order valence-corrected chi connectivity index (χ2v) is 5.82. The van der Waals surface area contributed by atoms with Gasteiger partial charge < -0.3 is 10.5 Å². The van der Waals surface area contributed by atoms with Gasteiger partial charge in [0.05, 0.1) is 13.2 Å². The molecule has 1 aliphatic rings. The van der Waals surface area contributed by atoms with Gasteiger partial charge in [0.1, 0.15) is 0 Å². The normalized spacial score (nSPS) is 18.0. The first-order chi connectivity index (χ1) is 8.47. The van der Waals surface area contributed by atoms with Gasteiger partial charge in [-0.05, 0) is 31.0 Å². The summed E-state index contributed by atoms with van der Waals surface area (Å²) >= 11 is 6.34. The van der Waals surface area contributed by atoms with E-state index in [0.29, 0.717) is 0 Å². The van der Waals surface area contributed by atoms with Gasteiger partial charge in [-0.2, -0.15) is 0 Å². The largest absolute Gasteiger partial charge is 0.379 e. The first-order valence-corrected chi connectivity index (χ1v) is 6.72. The highest BCUT2D eigenvalue weighted by Crippen LogP contribution is 2.25. The number of nitrogens with two attached hydrogens (primary N) is 1. The number of morpholine rings is 1. The molecule has 1 saturated heterocycles. The van der Waals surface area contributed by atoms with Gasteiger partial charge in [0.25, 0.3) is 0 Å². The van der Waals surface area contributed by atoms with E-state index < -0.39 is 0 Å². The summed E-state index contributed by atoms with van der Waals surface area (Å²) in [6, 6.07) is 6.14. The van der Waals surface area contributed by atoms with Crippen LogP contribution in [0, 0.1) is 0 Å². The lowest BCUT2D eigenvalue weighted by Gasteiger charge is -2.27. The molecule has 2 N–H and O–H groups in total. The number of ether oxygens (including phenoxy) is 1. The van der Waals surface area contributed by atoms with Gasteiger partial charge in [0.2, 0.25) is 0 Å². The van der Waals surface area contributed by atoms with E-state index in [4.69, 9.17) is 22.1 Å². The van der Waals surface area contributed by atoms with Crippen LogP contribution in [0.3, 0.4) is 0 Å². The SMILES string of the molecule is CC(C)(N)c1ccc(CN2CCOCC2)c(Cl)c1. The minimum atomic E-state index is -0.346. The van der Waals surface area contributed by atoms with Crippen LogP contribution in [0.5, 0.6) is 0 Å². The summed E-state index contributed by atoms with van der Waals surface area (Å²) < 4.78 is 5.34. The Morgan fingerprint density at radius 1 is 1.33 bits per heavy atom. The second kappa shape index (κ2) is 5.57. The smallest absolute Gasteiger partial charge is 0.0594 e. The molecule has 2 rings (SSSR count). The highest BCUT2D eigenvalue weighted by atomic mass is 35.5. The van der Waals surface area contributed by atoms with E-state index in [2.05, 4.69) is 17.0 Å². The highest BCUT2D eigenvalue weighted by Gasteiger charge is 2.17. The third-order valence-electron chi connectivity index (χ3n) is 3.29. The monoisotopic (exact) mass is 268 g/mol. The van der Waals surface area contributed by atoms with E-state index in [0.717, 1.165) is 49.0 Å². The van der Waals surface area contributed by atoms with Crippen LogP contribution in [-0.4, -0.2) is 31.2 Å². The van der Waals surface area contributed by atoms with Crippen LogP contribution >= 0.6 is 11.6 Å². The Labute approximate surface area is 114 Å². The van der Waals surface area contributed by atoms with Crippen molar-refractivity contribution in [1.29, 1.82) is 0 Å². The molecule has 0 aliphatic carbocycles. The van der Waals surface area contributed by atoms with Gasteiger partial charge in [-0.25, -0.2) is 0 Å². The van der Waals surface area contributed by atoms with E-state index in [1.807, 2.05) is 19.9 Å². The molecule has 1 heterocycles. The molecule has 0 saturated carbocycles. The number of halogens is 1. The number of hydrogen-bond donors (Lipinski definition) is 1. The summed E-state index contributed by atoms with van der Waals surface area (Å²) in [7, 11) is 0. The van der Waals surface area contributed by atoms with Crippen molar-refractivity contribution in [3.05, 3.63) is 34.3 Å². The molecule has 1 aromatic carbocycles. The zero-order valence-corrected chi connectivity index (χ0v) is 11.8. The molecule has 0 unspecified atom stereocenters. The Morgan fingerprint density at radius 2 is 2.00 bits per heavy atom. The molecule has 0 aromatic heterocycles. The fourth-order valence-corrected chi connectivity index (χ4v) is 2.32. The van der Waals surface area contributed by atoms with Crippen LogP contribution in [0.15, 0.2) is 18.2 Å². The molecule has 0 amide bonds. The zero-order chi connectivity index (χ0) is 13.2. The third-order valence-corrected chi connectivity index (χ3v) is 3.65. The fraction of sp³-hybridized carbons (Fsp3) is 0.571. The maximum atomic E-state index is 6.34. The summed E-state index contributed by atoms with van der Waals surface area (Å²) in [5, 5.41) is 0.803. The average Bonchev–Trinajstić information content (AvgIpc) is 2.32. The molecule has 0 spiro atoms. The van der Waals surface area contributed by atoms with Crippen molar-refractivity contribution < 1.29 is 4.74 Å². The minimum absolute atomic E-state index is 0.346. The number of nitrogens with zero attached hydrogens (tertiary/aromatic N) is 1. The van der Waals surface area contributed by atoms with Crippen molar-refractivity contribution in [2.24, 2.45) is 5.73 Å². The Bertz CT molecular complexity index is 409. The predicted molar refractivity (Wildman–Crippen MR) is 74.8 cm³/mol. The Morgan fingerprint density at radius 3 is 2.56 bits per heavy atom. The molecule has 18 heavy (non-hydrogen) atoms. The van der Waals surface area contributed by atoms with Crippen molar-refractivity contribution in [1.82, 2.24) is 4.90 Å². The molecule has 1 aliphatic heterocycles. The van der Waals surface area contributed by atoms with Crippen LogP contribution in [-0.2, 0) is 16.8 Å². The van der Waals surface area contributed by atoms with Gasteiger partial charge in [0.15, 0.2) is 0 Å². The zero-order valence-electron chi connectivity index (χ0n) is 11.1.